The summed E-state index contributed by atoms with van der Waals surface area (Å²) in [5, 5.41) is 14.0. The van der Waals surface area contributed by atoms with E-state index >= 15 is 0 Å². The van der Waals surface area contributed by atoms with Crippen molar-refractivity contribution in [3.63, 3.8) is 0 Å². The molecular weight excluding hydrogens is 428 g/mol. The molecule has 1 unspecified atom stereocenters. The standard InChI is InChI=1S/C33H24O2/c1-32(34)28-19-11-10-18-26(28)29-24-16-8-9-17-25(24)31-27(30(29)32)20-21-33(35-31,22-12-4-2-5-13-22)23-14-6-3-7-15-23/h2-21,34H,1H3. The second-order valence-corrected chi connectivity index (χ2v) is 9.56. The number of fused-ring (bicyclic) bond motifs is 8. The van der Waals surface area contributed by atoms with E-state index in [-0.39, 0.29) is 0 Å². The number of ether oxygens (including phenoxy) is 1. The van der Waals surface area contributed by atoms with Gasteiger partial charge in [0, 0.05) is 27.6 Å². The average molecular weight is 453 g/mol. The van der Waals surface area contributed by atoms with E-state index in [9.17, 15) is 5.11 Å². The number of hydrogen-bond donors (Lipinski definition) is 1. The Morgan fingerprint density at radius 2 is 1.23 bits per heavy atom. The molecule has 0 saturated carbocycles. The Labute approximate surface area is 204 Å². The van der Waals surface area contributed by atoms with E-state index in [0.29, 0.717) is 0 Å². The molecule has 2 aliphatic rings. The Kier molecular flexibility index (Phi) is 4.15. The van der Waals surface area contributed by atoms with Gasteiger partial charge in [-0.3, -0.25) is 0 Å². The van der Waals surface area contributed by atoms with E-state index in [0.717, 1.165) is 55.5 Å². The predicted molar refractivity (Wildman–Crippen MR) is 141 cm³/mol. The van der Waals surface area contributed by atoms with E-state index in [4.69, 9.17) is 4.74 Å². The van der Waals surface area contributed by atoms with Crippen molar-refractivity contribution in [1.29, 1.82) is 0 Å². The molecule has 0 spiro atoms. The summed E-state index contributed by atoms with van der Waals surface area (Å²) in [6.07, 6.45) is 4.30. The van der Waals surface area contributed by atoms with Crippen LogP contribution >= 0.6 is 0 Å². The van der Waals surface area contributed by atoms with Crippen molar-refractivity contribution in [3.8, 4) is 16.9 Å². The van der Waals surface area contributed by atoms with E-state index in [1.807, 2.05) is 37.3 Å². The normalized spacial score (nSPS) is 19.0. The maximum atomic E-state index is 11.9. The molecule has 5 aromatic carbocycles. The topological polar surface area (TPSA) is 29.5 Å². The molecule has 168 valence electrons. The summed E-state index contributed by atoms with van der Waals surface area (Å²) in [5.41, 5.74) is 5.21. The lowest BCUT2D eigenvalue weighted by Gasteiger charge is -2.38. The van der Waals surface area contributed by atoms with Gasteiger partial charge in [0.25, 0.3) is 0 Å². The first-order valence-corrected chi connectivity index (χ1v) is 12.0. The fourth-order valence-corrected chi connectivity index (χ4v) is 5.99. The van der Waals surface area contributed by atoms with Crippen molar-refractivity contribution in [2.45, 2.75) is 18.1 Å². The molecule has 0 saturated heterocycles. The molecule has 0 aromatic heterocycles. The smallest absolute Gasteiger partial charge is 0.178 e. The van der Waals surface area contributed by atoms with Crippen LogP contribution in [0.3, 0.4) is 0 Å². The van der Waals surface area contributed by atoms with E-state index in [1.165, 1.54) is 0 Å². The third-order valence-electron chi connectivity index (χ3n) is 7.57. The average Bonchev–Trinajstić information content (AvgIpc) is 3.17. The molecule has 0 bridgehead atoms. The fourth-order valence-electron chi connectivity index (χ4n) is 5.99. The highest BCUT2D eigenvalue weighted by atomic mass is 16.5. The minimum atomic E-state index is -1.12. The van der Waals surface area contributed by atoms with E-state index in [2.05, 4.69) is 91.0 Å². The molecule has 1 atom stereocenters. The van der Waals surface area contributed by atoms with Gasteiger partial charge in [-0.25, -0.2) is 0 Å². The van der Waals surface area contributed by atoms with Gasteiger partial charge in [0.1, 0.15) is 11.4 Å². The second-order valence-electron chi connectivity index (χ2n) is 9.56. The number of aliphatic hydroxyl groups is 1. The summed E-state index contributed by atoms with van der Waals surface area (Å²) < 4.78 is 7.12. The van der Waals surface area contributed by atoms with Crippen LogP contribution in [0.2, 0.25) is 0 Å². The first kappa shape index (κ1) is 20.3. The number of hydrogen-bond acceptors (Lipinski definition) is 2. The third-order valence-corrected chi connectivity index (χ3v) is 7.57. The van der Waals surface area contributed by atoms with Gasteiger partial charge < -0.3 is 9.84 Å². The van der Waals surface area contributed by atoms with Crippen molar-refractivity contribution < 1.29 is 9.84 Å². The van der Waals surface area contributed by atoms with Crippen molar-refractivity contribution in [2.75, 3.05) is 0 Å². The lowest BCUT2D eigenvalue weighted by molar-refractivity contribution is 0.105. The quantitative estimate of drug-likeness (QED) is 0.302. The van der Waals surface area contributed by atoms with Crippen molar-refractivity contribution in [3.05, 3.63) is 143 Å². The monoisotopic (exact) mass is 452 g/mol. The van der Waals surface area contributed by atoms with E-state index < -0.39 is 11.2 Å². The van der Waals surface area contributed by atoms with Gasteiger partial charge in [-0.05, 0) is 35.1 Å². The Morgan fingerprint density at radius 3 is 1.91 bits per heavy atom. The van der Waals surface area contributed by atoms with Gasteiger partial charge in [0.15, 0.2) is 5.60 Å². The van der Waals surface area contributed by atoms with Crippen LogP contribution in [-0.2, 0) is 11.2 Å². The predicted octanol–water partition coefficient (Wildman–Crippen LogP) is 7.43. The lowest BCUT2D eigenvalue weighted by atomic mass is 9.80. The van der Waals surface area contributed by atoms with Crippen molar-refractivity contribution in [2.24, 2.45) is 0 Å². The van der Waals surface area contributed by atoms with Gasteiger partial charge >= 0.3 is 0 Å². The summed E-state index contributed by atoms with van der Waals surface area (Å²) in [5.74, 6) is 0.808. The van der Waals surface area contributed by atoms with Crippen LogP contribution in [-0.4, -0.2) is 5.11 Å². The van der Waals surface area contributed by atoms with Crippen LogP contribution < -0.4 is 4.74 Å². The molecule has 2 heteroatoms. The summed E-state index contributed by atoms with van der Waals surface area (Å²) in [6.45, 7) is 1.90. The fraction of sp³-hybridized carbons (Fsp3) is 0.0909. The summed E-state index contributed by atoms with van der Waals surface area (Å²) in [4.78, 5) is 0. The highest BCUT2D eigenvalue weighted by Crippen LogP contribution is 2.57. The zero-order valence-corrected chi connectivity index (χ0v) is 19.4. The summed E-state index contributed by atoms with van der Waals surface area (Å²) in [7, 11) is 0. The molecule has 1 heterocycles. The molecule has 1 N–H and O–H groups in total. The summed E-state index contributed by atoms with van der Waals surface area (Å²) in [6, 6.07) is 37.3. The zero-order valence-electron chi connectivity index (χ0n) is 19.4. The minimum absolute atomic E-state index is 0.774. The molecule has 0 fully saturated rings. The van der Waals surface area contributed by atoms with Crippen molar-refractivity contribution in [1.82, 2.24) is 0 Å². The Balaban J connectivity index is 1.58. The molecule has 0 amide bonds. The number of benzene rings is 5. The summed E-state index contributed by atoms with van der Waals surface area (Å²) >= 11 is 0. The largest absolute Gasteiger partial charge is 0.472 e. The van der Waals surface area contributed by atoms with Gasteiger partial charge in [-0.15, -0.1) is 0 Å². The zero-order chi connectivity index (χ0) is 23.6. The molecule has 0 radical (unpaired) electrons. The Morgan fingerprint density at radius 1 is 0.657 bits per heavy atom. The minimum Gasteiger partial charge on any atom is -0.472 e. The molecule has 1 aliphatic carbocycles. The van der Waals surface area contributed by atoms with Crippen LogP contribution in [0.4, 0.5) is 0 Å². The van der Waals surface area contributed by atoms with Gasteiger partial charge in [0.05, 0.1) is 0 Å². The highest BCUT2D eigenvalue weighted by Gasteiger charge is 2.45. The van der Waals surface area contributed by atoms with Crippen LogP contribution in [0, 0.1) is 0 Å². The third kappa shape index (κ3) is 2.69. The van der Waals surface area contributed by atoms with Gasteiger partial charge in [-0.1, -0.05) is 115 Å². The van der Waals surface area contributed by atoms with Crippen LogP contribution in [0.1, 0.15) is 34.7 Å². The van der Waals surface area contributed by atoms with Crippen LogP contribution in [0.5, 0.6) is 5.75 Å². The SMILES string of the molecule is CC1(O)c2ccccc2-c2c1c1c(c3ccccc23)OC(c2ccccc2)(c2ccccc2)C=C1. The Hall–Kier alpha value is -4.14. The maximum absolute atomic E-state index is 11.9. The molecule has 7 rings (SSSR count). The first-order chi connectivity index (χ1) is 17.1. The lowest BCUT2D eigenvalue weighted by Crippen LogP contribution is -2.35. The van der Waals surface area contributed by atoms with Crippen LogP contribution in [0.15, 0.2) is 115 Å². The molecule has 1 aliphatic heterocycles. The molecule has 5 aromatic rings. The first-order valence-electron chi connectivity index (χ1n) is 12.0. The van der Waals surface area contributed by atoms with E-state index in [1.54, 1.807) is 0 Å². The van der Waals surface area contributed by atoms with Crippen molar-refractivity contribution >= 4 is 16.8 Å². The Bertz CT molecular complexity index is 1590. The maximum Gasteiger partial charge on any atom is 0.178 e. The number of rotatable bonds is 2. The van der Waals surface area contributed by atoms with Gasteiger partial charge in [-0.2, -0.15) is 0 Å². The van der Waals surface area contributed by atoms with Crippen LogP contribution in [0.25, 0.3) is 28.0 Å². The molecule has 2 nitrogen and oxygen atoms in total. The second kappa shape index (κ2) is 7.18. The molecular formula is C33H24O2. The molecule has 35 heavy (non-hydrogen) atoms. The van der Waals surface area contributed by atoms with Gasteiger partial charge in [0.2, 0.25) is 0 Å². The highest BCUT2D eigenvalue weighted by molar-refractivity contribution is 6.08.